The minimum atomic E-state index is -0.197. The van der Waals surface area contributed by atoms with Gasteiger partial charge in [-0.1, -0.05) is 0 Å². The van der Waals surface area contributed by atoms with E-state index in [0.29, 0.717) is 0 Å². The van der Waals surface area contributed by atoms with Crippen molar-refractivity contribution in [1.82, 2.24) is 4.98 Å². The molecule has 0 saturated heterocycles. The number of aryl methyl sites for hydroxylation is 2. The van der Waals surface area contributed by atoms with E-state index in [4.69, 9.17) is 0 Å². The molecule has 1 aromatic carbocycles. The van der Waals surface area contributed by atoms with Crippen LogP contribution >= 0.6 is 0 Å². The summed E-state index contributed by atoms with van der Waals surface area (Å²) in [6, 6.07) is 6.67. The monoisotopic (exact) mass is 175 g/mol. The van der Waals surface area contributed by atoms with Gasteiger partial charge in [-0.15, -0.1) is 0 Å². The van der Waals surface area contributed by atoms with Crippen molar-refractivity contribution < 1.29 is 4.39 Å². The van der Waals surface area contributed by atoms with Gasteiger partial charge in [-0.25, -0.2) is 4.39 Å². The normalized spacial score (nSPS) is 10.7. The lowest BCUT2D eigenvalue weighted by Gasteiger charge is -2.02. The predicted octanol–water partition coefficient (Wildman–Crippen LogP) is 2.99. The largest absolute Gasteiger partial charge is 0.258 e. The molecule has 1 heterocycles. The van der Waals surface area contributed by atoms with Crippen LogP contribution in [0.3, 0.4) is 0 Å². The minimum Gasteiger partial charge on any atom is -0.258 e. The van der Waals surface area contributed by atoms with E-state index in [1.54, 1.807) is 6.07 Å². The molecule has 0 aliphatic carbocycles. The zero-order valence-electron chi connectivity index (χ0n) is 7.63. The number of hydrogen-bond acceptors (Lipinski definition) is 1. The van der Waals surface area contributed by atoms with E-state index < -0.39 is 0 Å². The van der Waals surface area contributed by atoms with Crippen molar-refractivity contribution in [2.45, 2.75) is 13.8 Å². The maximum absolute atomic E-state index is 12.9. The summed E-state index contributed by atoms with van der Waals surface area (Å²) in [5.41, 5.74) is 1.88. The molecule has 66 valence electrons. The molecule has 1 nitrogen and oxygen atoms in total. The molecule has 0 saturated carbocycles. The number of benzene rings is 1. The molecule has 0 radical (unpaired) electrons. The van der Waals surface area contributed by atoms with Crippen LogP contribution in [0.1, 0.15) is 11.4 Å². The molecule has 0 spiro atoms. The van der Waals surface area contributed by atoms with E-state index in [1.165, 1.54) is 12.1 Å². The number of nitrogens with zero attached hydrogens (tertiary/aromatic N) is 1. The van der Waals surface area contributed by atoms with Gasteiger partial charge in [-0.2, -0.15) is 0 Å². The summed E-state index contributed by atoms with van der Waals surface area (Å²) in [4.78, 5) is 4.31. The third-order valence-corrected chi connectivity index (χ3v) is 2.11. The van der Waals surface area contributed by atoms with Gasteiger partial charge in [0, 0.05) is 16.8 Å². The van der Waals surface area contributed by atoms with Crippen LogP contribution < -0.4 is 0 Å². The molecule has 0 amide bonds. The van der Waals surface area contributed by atoms with Gasteiger partial charge in [0.1, 0.15) is 5.82 Å². The van der Waals surface area contributed by atoms with Crippen molar-refractivity contribution in [2.24, 2.45) is 0 Å². The Kier molecular flexibility index (Phi) is 1.76. The highest BCUT2D eigenvalue weighted by atomic mass is 19.1. The summed E-state index contributed by atoms with van der Waals surface area (Å²) in [5.74, 6) is -0.197. The first kappa shape index (κ1) is 8.17. The quantitative estimate of drug-likeness (QED) is 0.599. The Bertz CT molecular complexity index is 458. The molecule has 1 aromatic heterocycles. The second-order valence-electron chi connectivity index (χ2n) is 3.21. The van der Waals surface area contributed by atoms with Crippen LogP contribution in [0.4, 0.5) is 4.39 Å². The molecular weight excluding hydrogens is 165 g/mol. The third kappa shape index (κ3) is 1.39. The molecule has 0 aliphatic heterocycles. The van der Waals surface area contributed by atoms with Gasteiger partial charge in [0.2, 0.25) is 0 Å². The molecule has 2 aromatic rings. The van der Waals surface area contributed by atoms with Crippen LogP contribution in [0.5, 0.6) is 0 Å². The highest BCUT2D eigenvalue weighted by molar-refractivity contribution is 5.84. The van der Waals surface area contributed by atoms with E-state index in [0.717, 1.165) is 22.2 Å². The summed E-state index contributed by atoms with van der Waals surface area (Å²) < 4.78 is 12.9. The van der Waals surface area contributed by atoms with Crippen LogP contribution in [0.2, 0.25) is 0 Å². The van der Waals surface area contributed by atoms with Crippen LogP contribution in [-0.4, -0.2) is 4.98 Å². The maximum atomic E-state index is 12.9. The first-order valence-corrected chi connectivity index (χ1v) is 4.20. The number of fused-ring (bicyclic) bond motifs is 1. The van der Waals surface area contributed by atoms with Crippen molar-refractivity contribution in [3.8, 4) is 0 Å². The zero-order chi connectivity index (χ0) is 9.42. The Morgan fingerprint density at radius 3 is 2.69 bits per heavy atom. The molecule has 13 heavy (non-hydrogen) atoms. The highest BCUT2D eigenvalue weighted by Crippen LogP contribution is 2.18. The predicted molar refractivity (Wildman–Crippen MR) is 51.2 cm³/mol. The summed E-state index contributed by atoms with van der Waals surface area (Å²) in [5, 5.41) is 1.94. The summed E-state index contributed by atoms with van der Waals surface area (Å²) in [6.45, 7) is 3.85. The Morgan fingerprint density at radius 2 is 1.92 bits per heavy atom. The topological polar surface area (TPSA) is 12.9 Å². The Morgan fingerprint density at radius 1 is 1.15 bits per heavy atom. The van der Waals surface area contributed by atoms with Crippen LogP contribution in [0.15, 0.2) is 24.3 Å². The van der Waals surface area contributed by atoms with E-state index in [9.17, 15) is 4.39 Å². The summed E-state index contributed by atoms with van der Waals surface area (Å²) >= 11 is 0. The van der Waals surface area contributed by atoms with Crippen molar-refractivity contribution >= 4 is 10.8 Å². The number of aromatic nitrogens is 1. The summed E-state index contributed by atoms with van der Waals surface area (Å²) in [7, 11) is 0. The standard InChI is InChI=1S/C11H10FN/c1-7-5-9-6-10(12)3-4-11(9)8(2)13-7/h3-6H,1-2H3. The van der Waals surface area contributed by atoms with Gasteiger partial charge in [-0.05, 0) is 43.5 Å². The number of rotatable bonds is 0. The summed E-state index contributed by atoms with van der Waals surface area (Å²) in [6.07, 6.45) is 0. The van der Waals surface area contributed by atoms with E-state index in [2.05, 4.69) is 4.98 Å². The molecule has 0 fully saturated rings. The smallest absolute Gasteiger partial charge is 0.123 e. The van der Waals surface area contributed by atoms with Gasteiger partial charge in [0.15, 0.2) is 0 Å². The second kappa shape index (κ2) is 2.80. The van der Waals surface area contributed by atoms with E-state index >= 15 is 0 Å². The second-order valence-corrected chi connectivity index (χ2v) is 3.21. The third-order valence-electron chi connectivity index (χ3n) is 2.11. The molecule has 2 rings (SSSR count). The molecule has 0 atom stereocenters. The van der Waals surface area contributed by atoms with Crippen molar-refractivity contribution in [3.05, 3.63) is 41.5 Å². The number of pyridine rings is 1. The average molecular weight is 175 g/mol. The minimum absolute atomic E-state index is 0.197. The lowest BCUT2D eigenvalue weighted by atomic mass is 10.1. The first-order chi connectivity index (χ1) is 6.16. The molecule has 0 N–H and O–H groups in total. The molecule has 2 heteroatoms. The fourth-order valence-corrected chi connectivity index (χ4v) is 1.56. The van der Waals surface area contributed by atoms with Crippen LogP contribution in [0.25, 0.3) is 10.8 Å². The number of halogens is 1. The van der Waals surface area contributed by atoms with Crippen molar-refractivity contribution in [1.29, 1.82) is 0 Å². The Hall–Kier alpha value is -1.44. The fraction of sp³-hybridized carbons (Fsp3) is 0.182. The van der Waals surface area contributed by atoms with Gasteiger partial charge in [0.05, 0.1) is 0 Å². The molecular formula is C11H10FN. The lowest BCUT2D eigenvalue weighted by molar-refractivity contribution is 0.629. The van der Waals surface area contributed by atoms with Crippen LogP contribution in [-0.2, 0) is 0 Å². The van der Waals surface area contributed by atoms with Gasteiger partial charge in [-0.3, -0.25) is 4.98 Å². The molecule has 0 unspecified atom stereocenters. The highest BCUT2D eigenvalue weighted by Gasteiger charge is 2.00. The van der Waals surface area contributed by atoms with E-state index in [1.807, 2.05) is 19.9 Å². The SMILES string of the molecule is Cc1cc2cc(F)ccc2c(C)n1. The first-order valence-electron chi connectivity index (χ1n) is 4.20. The molecule has 0 bridgehead atoms. The van der Waals surface area contributed by atoms with Crippen molar-refractivity contribution in [3.63, 3.8) is 0 Å². The Balaban J connectivity index is 2.86. The molecule has 0 aliphatic rings. The Labute approximate surface area is 76.2 Å². The van der Waals surface area contributed by atoms with Gasteiger partial charge >= 0.3 is 0 Å². The van der Waals surface area contributed by atoms with E-state index in [-0.39, 0.29) is 5.82 Å². The fourth-order valence-electron chi connectivity index (χ4n) is 1.56. The lowest BCUT2D eigenvalue weighted by Crippen LogP contribution is -1.88. The zero-order valence-corrected chi connectivity index (χ0v) is 7.63. The average Bonchev–Trinajstić information content (AvgIpc) is 2.02. The van der Waals surface area contributed by atoms with Crippen molar-refractivity contribution in [2.75, 3.05) is 0 Å². The number of hydrogen-bond donors (Lipinski definition) is 0. The maximum Gasteiger partial charge on any atom is 0.123 e. The van der Waals surface area contributed by atoms with Gasteiger partial charge < -0.3 is 0 Å². The van der Waals surface area contributed by atoms with Crippen LogP contribution in [0, 0.1) is 19.7 Å². The van der Waals surface area contributed by atoms with Gasteiger partial charge in [0.25, 0.3) is 0 Å².